The second-order valence-corrected chi connectivity index (χ2v) is 6.54. The number of hydrogen-bond donors (Lipinski definition) is 0. The highest BCUT2D eigenvalue weighted by atomic mass is 16.5. The summed E-state index contributed by atoms with van der Waals surface area (Å²) in [5, 5.41) is 10.9. The highest BCUT2D eigenvalue weighted by Gasteiger charge is 2.19. The van der Waals surface area contributed by atoms with Crippen LogP contribution in [0.1, 0.15) is 46.6 Å². The molecule has 19 heavy (non-hydrogen) atoms. The molecule has 0 atom stereocenters. The molecule has 0 heterocycles. The lowest BCUT2D eigenvalue weighted by molar-refractivity contribution is -0.318. The molecule has 3 heteroatoms. The second kappa shape index (κ2) is 5.64. The number of benzene rings is 1. The van der Waals surface area contributed by atoms with Gasteiger partial charge in [0.25, 0.3) is 0 Å². The van der Waals surface area contributed by atoms with Crippen molar-refractivity contribution in [2.45, 2.75) is 46.5 Å². The Labute approximate surface area is 115 Å². The van der Waals surface area contributed by atoms with Crippen molar-refractivity contribution in [1.29, 1.82) is 0 Å². The monoisotopic (exact) mass is 263 g/mol. The fourth-order valence-electron chi connectivity index (χ4n) is 1.58. The molecule has 0 spiro atoms. The van der Waals surface area contributed by atoms with E-state index in [0.29, 0.717) is 13.0 Å². The molecule has 0 bridgehead atoms. The zero-order chi connectivity index (χ0) is 14.7. The van der Waals surface area contributed by atoms with Crippen molar-refractivity contribution < 1.29 is 14.6 Å². The van der Waals surface area contributed by atoms with Crippen molar-refractivity contribution in [2.75, 3.05) is 6.61 Å². The van der Waals surface area contributed by atoms with Crippen LogP contribution in [0.4, 0.5) is 0 Å². The summed E-state index contributed by atoms with van der Waals surface area (Å²) in [6, 6.07) is 7.93. The molecule has 0 aliphatic carbocycles. The number of hydrogen-bond acceptors (Lipinski definition) is 3. The predicted octanol–water partition coefficient (Wildman–Crippen LogP) is 2.53. The van der Waals surface area contributed by atoms with E-state index in [0.717, 1.165) is 5.75 Å². The van der Waals surface area contributed by atoms with Crippen molar-refractivity contribution in [1.82, 2.24) is 0 Å². The van der Waals surface area contributed by atoms with E-state index in [-0.39, 0.29) is 5.41 Å². The summed E-state index contributed by atoms with van der Waals surface area (Å²) >= 11 is 0. The Morgan fingerprint density at radius 1 is 1.11 bits per heavy atom. The van der Waals surface area contributed by atoms with Gasteiger partial charge in [-0.1, -0.05) is 46.8 Å². The van der Waals surface area contributed by atoms with E-state index >= 15 is 0 Å². The number of ether oxygens (including phenoxy) is 1. The number of carbonyl (C=O) groups is 1. The minimum absolute atomic E-state index is 0.121. The molecule has 1 aromatic carbocycles. The van der Waals surface area contributed by atoms with Crippen LogP contribution < -0.4 is 9.84 Å². The summed E-state index contributed by atoms with van der Waals surface area (Å²) in [6.07, 6.45) is 0.427. The van der Waals surface area contributed by atoms with E-state index in [2.05, 4.69) is 20.8 Å². The van der Waals surface area contributed by atoms with E-state index in [4.69, 9.17) is 4.74 Å². The highest BCUT2D eigenvalue weighted by molar-refractivity contribution is 5.71. The maximum absolute atomic E-state index is 10.9. The molecule has 0 aliphatic rings. The summed E-state index contributed by atoms with van der Waals surface area (Å²) in [7, 11) is 0. The van der Waals surface area contributed by atoms with Crippen LogP contribution in [0.15, 0.2) is 24.3 Å². The van der Waals surface area contributed by atoms with E-state index < -0.39 is 11.4 Å². The van der Waals surface area contributed by atoms with Crippen molar-refractivity contribution in [3.63, 3.8) is 0 Å². The van der Waals surface area contributed by atoms with Crippen molar-refractivity contribution in [2.24, 2.45) is 5.41 Å². The molecule has 0 aliphatic heterocycles. The van der Waals surface area contributed by atoms with Gasteiger partial charge in [-0.25, -0.2) is 0 Å². The lowest BCUT2D eigenvalue weighted by atomic mass is 9.87. The molecule has 0 unspecified atom stereocenters. The summed E-state index contributed by atoms with van der Waals surface area (Å²) in [6.45, 7) is 10.1. The maximum Gasteiger partial charge on any atom is 0.119 e. The van der Waals surface area contributed by atoms with Gasteiger partial charge in [0, 0.05) is 11.4 Å². The molecule has 3 nitrogen and oxygen atoms in total. The Hall–Kier alpha value is -1.51. The zero-order valence-electron chi connectivity index (χ0n) is 12.4. The van der Waals surface area contributed by atoms with Crippen molar-refractivity contribution >= 4 is 5.97 Å². The van der Waals surface area contributed by atoms with Gasteiger partial charge in [0.1, 0.15) is 5.75 Å². The Balaban J connectivity index is 2.54. The first-order chi connectivity index (χ1) is 8.63. The summed E-state index contributed by atoms with van der Waals surface area (Å²) in [5.74, 6) is -0.277. The second-order valence-electron chi connectivity index (χ2n) is 6.54. The Kier molecular flexibility index (Phi) is 4.61. The van der Waals surface area contributed by atoms with Crippen LogP contribution >= 0.6 is 0 Å². The van der Waals surface area contributed by atoms with E-state index in [1.165, 1.54) is 5.56 Å². The average Bonchev–Trinajstić information content (AvgIpc) is 2.28. The fourth-order valence-corrected chi connectivity index (χ4v) is 1.58. The first-order valence-electron chi connectivity index (χ1n) is 6.58. The van der Waals surface area contributed by atoms with Gasteiger partial charge in [0.15, 0.2) is 0 Å². The number of carboxylic acids is 1. The highest BCUT2D eigenvalue weighted by Crippen LogP contribution is 2.25. The third-order valence-electron chi connectivity index (χ3n) is 3.27. The molecule has 0 aromatic heterocycles. The smallest absolute Gasteiger partial charge is 0.119 e. The van der Waals surface area contributed by atoms with Gasteiger partial charge in [-0.2, -0.15) is 0 Å². The lowest BCUT2D eigenvalue weighted by Crippen LogP contribution is -2.39. The van der Waals surface area contributed by atoms with E-state index in [1.54, 1.807) is 13.8 Å². The number of aliphatic carboxylic acids is 1. The SMILES string of the molecule is CC(C)(CCOc1ccc(C(C)(C)C)cc1)C(=O)[O-]. The predicted molar refractivity (Wildman–Crippen MR) is 74.0 cm³/mol. The van der Waals surface area contributed by atoms with Crippen LogP contribution in [0, 0.1) is 5.41 Å². The molecule has 0 fully saturated rings. The quantitative estimate of drug-likeness (QED) is 0.820. The Morgan fingerprint density at radius 3 is 2.05 bits per heavy atom. The van der Waals surface area contributed by atoms with Crippen LogP contribution in [0.25, 0.3) is 0 Å². The molecule has 0 N–H and O–H groups in total. The van der Waals surface area contributed by atoms with Gasteiger partial charge in [-0.05, 0) is 29.5 Å². The largest absolute Gasteiger partial charge is 0.550 e. The first-order valence-corrected chi connectivity index (χ1v) is 6.58. The van der Waals surface area contributed by atoms with Gasteiger partial charge >= 0.3 is 0 Å². The average molecular weight is 263 g/mol. The van der Waals surface area contributed by atoms with Gasteiger partial charge in [-0.3, -0.25) is 0 Å². The summed E-state index contributed by atoms with van der Waals surface area (Å²) in [4.78, 5) is 10.9. The van der Waals surface area contributed by atoms with Gasteiger partial charge in [-0.15, -0.1) is 0 Å². The molecular weight excluding hydrogens is 240 g/mol. The third kappa shape index (κ3) is 4.58. The van der Waals surface area contributed by atoms with E-state index in [9.17, 15) is 9.90 Å². The Bertz CT molecular complexity index is 424. The van der Waals surface area contributed by atoms with Gasteiger partial charge < -0.3 is 14.6 Å². The normalized spacial score (nSPS) is 12.3. The molecule has 0 radical (unpaired) electrons. The lowest BCUT2D eigenvalue weighted by Gasteiger charge is -2.25. The van der Waals surface area contributed by atoms with Gasteiger partial charge in [0.2, 0.25) is 0 Å². The van der Waals surface area contributed by atoms with Crippen LogP contribution in [-0.2, 0) is 10.2 Å². The van der Waals surface area contributed by atoms with Crippen molar-refractivity contribution in [3.8, 4) is 5.75 Å². The minimum Gasteiger partial charge on any atom is -0.550 e. The van der Waals surface area contributed by atoms with Crippen LogP contribution in [0.3, 0.4) is 0 Å². The molecular formula is C16H23O3-. The molecule has 106 valence electrons. The summed E-state index contributed by atoms with van der Waals surface area (Å²) in [5.41, 5.74) is 0.510. The fraction of sp³-hybridized carbons (Fsp3) is 0.562. The van der Waals surface area contributed by atoms with E-state index in [1.807, 2.05) is 24.3 Å². The summed E-state index contributed by atoms with van der Waals surface area (Å²) < 4.78 is 5.57. The minimum atomic E-state index is -1.04. The molecule has 1 aromatic rings. The molecule has 0 saturated heterocycles. The number of rotatable bonds is 5. The van der Waals surface area contributed by atoms with Crippen LogP contribution in [-0.4, -0.2) is 12.6 Å². The standard InChI is InChI=1S/C16H24O3/c1-15(2,3)12-6-8-13(9-7-12)19-11-10-16(4,5)14(17)18/h6-9H,10-11H2,1-5H3,(H,17,18)/p-1. The van der Waals surface area contributed by atoms with Crippen molar-refractivity contribution in [3.05, 3.63) is 29.8 Å². The van der Waals surface area contributed by atoms with Gasteiger partial charge in [0.05, 0.1) is 6.61 Å². The van der Waals surface area contributed by atoms with Crippen LogP contribution in [0.5, 0.6) is 5.75 Å². The number of carboxylic acid groups (broad SMARTS) is 1. The molecule has 1 rings (SSSR count). The zero-order valence-corrected chi connectivity index (χ0v) is 12.4. The number of carbonyl (C=O) groups excluding carboxylic acids is 1. The third-order valence-corrected chi connectivity index (χ3v) is 3.27. The molecule has 0 saturated carbocycles. The van der Waals surface area contributed by atoms with Crippen LogP contribution in [0.2, 0.25) is 0 Å². The topological polar surface area (TPSA) is 49.4 Å². The maximum atomic E-state index is 10.9. The Morgan fingerprint density at radius 2 is 1.63 bits per heavy atom. The molecule has 0 amide bonds. The first kappa shape index (κ1) is 15.5.